The van der Waals surface area contributed by atoms with Gasteiger partial charge in [0.05, 0.1) is 17.4 Å². The minimum Gasteiger partial charge on any atom is -0.406 e. The lowest BCUT2D eigenvalue weighted by Crippen LogP contribution is -2.35. The molecule has 7 heteroatoms. The Hall–Kier alpha value is -2.41. The molecule has 0 bridgehead atoms. The summed E-state index contributed by atoms with van der Waals surface area (Å²) in [6, 6.07) is 7.84. The van der Waals surface area contributed by atoms with Gasteiger partial charge in [0.15, 0.2) is 0 Å². The van der Waals surface area contributed by atoms with E-state index in [1.54, 1.807) is 4.90 Å². The van der Waals surface area contributed by atoms with Crippen LogP contribution in [0.25, 0.3) is 0 Å². The van der Waals surface area contributed by atoms with Gasteiger partial charge in [-0.1, -0.05) is 24.2 Å². The van der Waals surface area contributed by atoms with Crippen LogP contribution >= 0.6 is 0 Å². The minimum absolute atomic E-state index is 0.0230. The van der Waals surface area contributed by atoms with Gasteiger partial charge in [-0.05, 0) is 25.6 Å². The molecule has 1 amide bonds. The molecule has 2 heterocycles. The summed E-state index contributed by atoms with van der Waals surface area (Å²) in [5, 5.41) is 14.2. The third-order valence-electron chi connectivity index (χ3n) is 3.31. The van der Waals surface area contributed by atoms with E-state index in [9.17, 15) is 4.79 Å². The molecule has 7 nitrogen and oxygen atoms in total. The van der Waals surface area contributed by atoms with Crippen LogP contribution in [-0.4, -0.2) is 29.2 Å². The number of nitrogens with one attached hydrogen (secondary N) is 2. The average molecular weight is 287 g/mol. The summed E-state index contributed by atoms with van der Waals surface area (Å²) in [5.74, 6) is 0.406. The monoisotopic (exact) mass is 287 g/mol. The van der Waals surface area contributed by atoms with Gasteiger partial charge in [-0.3, -0.25) is 9.69 Å². The zero-order valence-corrected chi connectivity index (χ0v) is 12.0. The molecule has 110 valence electrons. The molecule has 2 N–H and O–H groups in total. The summed E-state index contributed by atoms with van der Waals surface area (Å²) in [5.41, 5.74) is 1.59. The van der Waals surface area contributed by atoms with Gasteiger partial charge >= 0.3 is 6.01 Å². The maximum Gasteiger partial charge on any atom is 0.323 e. The smallest absolute Gasteiger partial charge is 0.323 e. The summed E-state index contributed by atoms with van der Waals surface area (Å²) in [6.45, 7) is 4.94. The van der Waals surface area contributed by atoms with E-state index in [0.717, 1.165) is 17.9 Å². The number of amides is 1. The second-order valence-corrected chi connectivity index (χ2v) is 4.85. The predicted octanol–water partition coefficient (Wildman–Crippen LogP) is 1.83. The van der Waals surface area contributed by atoms with Crippen LogP contribution in [0.4, 0.5) is 17.4 Å². The highest BCUT2D eigenvalue weighted by Gasteiger charge is 2.27. The summed E-state index contributed by atoms with van der Waals surface area (Å²) in [7, 11) is 0. The van der Waals surface area contributed by atoms with Crippen molar-refractivity contribution in [2.45, 2.75) is 19.9 Å². The highest BCUT2D eigenvalue weighted by molar-refractivity contribution is 6.02. The van der Waals surface area contributed by atoms with Gasteiger partial charge < -0.3 is 15.1 Å². The first-order valence-electron chi connectivity index (χ1n) is 6.92. The number of fused-ring (bicyclic) bond motifs is 1. The quantitative estimate of drug-likeness (QED) is 0.892. The molecule has 0 saturated carbocycles. The van der Waals surface area contributed by atoms with Gasteiger partial charge in [-0.2, -0.15) is 0 Å². The van der Waals surface area contributed by atoms with Gasteiger partial charge in [-0.15, -0.1) is 5.10 Å². The first-order valence-corrected chi connectivity index (χ1v) is 6.92. The van der Waals surface area contributed by atoms with E-state index in [-0.39, 0.29) is 18.5 Å². The topological polar surface area (TPSA) is 83.3 Å². The normalized spacial score (nSPS) is 15.5. The molecule has 1 unspecified atom stereocenters. The number of rotatable bonds is 4. The lowest BCUT2D eigenvalue weighted by molar-refractivity contribution is -0.115. The first-order chi connectivity index (χ1) is 10.2. The minimum atomic E-state index is -0.104. The van der Waals surface area contributed by atoms with Crippen LogP contribution in [0.5, 0.6) is 0 Å². The second-order valence-electron chi connectivity index (χ2n) is 4.85. The third-order valence-corrected chi connectivity index (χ3v) is 3.31. The molecule has 1 aliphatic rings. The molecule has 1 atom stereocenters. The van der Waals surface area contributed by atoms with Gasteiger partial charge in [0.25, 0.3) is 0 Å². The highest BCUT2D eigenvalue weighted by atomic mass is 16.4. The molecule has 3 rings (SSSR count). The van der Waals surface area contributed by atoms with E-state index in [0.29, 0.717) is 11.9 Å². The molecule has 1 aromatic carbocycles. The van der Waals surface area contributed by atoms with Crippen molar-refractivity contribution in [1.82, 2.24) is 15.5 Å². The average Bonchev–Trinajstić information content (AvgIpc) is 2.96. The van der Waals surface area contributed by atoms with E-state index in [2.05, 4.69) is 20.8 Å². The largest absolute Gasteiger partial charge is 0.406 e. The summed E-state index contributed by atoms with van der Waals surface area (Å²) >= 11 is 0. The van der Waals surface area contributed by atoms with Crippen molar-refractivity contribution >= 4 is 23.3 Å². The van der Waals surface area contributed by atoms with E-state index < -0.39 is 0 Å². The third kappa shape index (κ3) is 2.59. The second kappa shape index (κ2) is 5.53. The lowest BCUT2D eigenvalue weighted by Gasteiger charge is -2.27. The Labute approximate surface area is 122 Å². The Morgan fingerprint density at radius 2 is 2.24 bits per heavy atom. The number of hydrogen-bond donors (Lipinski definition) is 2. The van der Waals surface area contributed by atoms with Crippen molar-refractivity contribution in [3.05, 3.63) is 30.2 Å². The van der Waals surface area contributed by atoms with Crippen LogP contribution in [-0.2, 0) is 4.79 Å². The Kier molecular flexibility index (Phi) is 3.57. The molecular weight excluding hydrogens is 270 g/mol. The number of carbonyl (C=O) groups excluding carboxylic acids is 1. The van der Waals surface area contributed by atoms with Crippen LogP contribution in [0.15, 0.2) is 28.7 Å². The zero-order valence-electron chi connectivity index (χ0n) is 12.0. The van der Waals surface area contributed by atoms with Gasteiger partial charge in [0.2, 0.25) is 11.8 Å². The standard InChI is InChI=1S/C14H17N5O2/c1-3-15-9(2)13-17-18-14(21-13)19-8-12(20)16-10-6-4-5-7-11(10)19/h4-7,9,15H,3,8H2,1-2H3,(H,16,20). The van der Waals surface area contributed by atoms with Gasteiger partial charge in [-0.25, -0.2) is 0 Å². The van der Waals surface area contributed by atoms with Gasteiger partial charge in [0.1, 0.15) is 6.54 Å². The Morgan fingerprint density at radius 3 is 3.05 bits per heavy atom. The maximum atomic E-state index is 11.8. The number of benzene rings is 1. The van der Waals surface area contributed by atoms with Crippen molar-refractivity contribution in [1.29, 1.82) is 0 Å². The number of carbonyl (C=O) groups is 1. The number of aromatic nitrogens is 2. The molecule has 0 radical (unpaired) electrons. The van der Waals surface area contributed by atoms with E-state index >= 15 is 0 Å². The number of nitrogens with zero attached hydrogens (tertiary/aromatic N) is 3. The van der Waals surface area contributed by atoms with Gasteiger partial charge in [0, 0.05) is 0 Å². The molecule has 0 aliphatic carbocycles. The van der Waals surface area contributed by atoms with Crippen molar-refractivity contribution in [3.63, 3.8) is 0 Å². The number of hydrogen-bond acceptors (Lipinski definition) is 6. The first kappa shape index (κ1) is 13.6. The fourth-order valence-electron chi connectivity index (χ4n) is 2.31. The predicted molar refractivity (Wildman–Crippen MR) is 78.5 cm³/mol. The zero-order chi connectivity index (χ0) is 14.8. The number of anilines is 3. The SMILES string of the molecule is CCNC(C)c1nnc(N2CC(=O)Nc3ccccc32)o1. The molecule has 0 fully saturated rings. The van der Waals surface area contributed by atoms with Crippen molar-refractivity contribution in [3.8, 4) is 0 Å². The fourth-order valence-corrected chi connectivity index (χ4v) is 2.31. The lowest BCUT2D eigenvalue weighted by atomic mass is 10.2. The van der Waals surface area contributed by atoms with Crippen molar-refractivity contribution in [2.24, 2.45) is 0 Å². The van der Waals surface area contributed by atoms with Crippen LogP contribution in [0.2, 0.25) is 0 Å². The maximum absolute atomic E-state index is 11.8. The van der Waals surface area contributed by atoms with E-state index in [1.165, 1.54) is 0 Å². The molecular formula is C14H17N5O2. The summed E-state index contributed by atoms with van der Waals surface area (Å²) < 4.78 is 5.70. The van der Waals surface area contributed by atoms with Crippen molar-refractivity contribution < 1.29 is 9.21 Å². The highest BCUT2D eigenvalue weighted by Crippen LogP contribution is 2.34. The Morgan fingerprint density at radius 1 is 1.43 bits per heavy atom. The molecule has 0 saturated heterocycles. The van der Waals surface area contributed by atoms with Crippen LogP contribution in [0.3, 0.4) is 0 Å². The van der Waals surface area contributed by atoms with E-state index in [4.69, 9.17) is 4.42 Å². The summed E-state index contributed by atoms with van der Waals surface area (Å²) in [4.78, 5) is 13.5. The molecule has 2 aromatic rings. The Bertz CT molecular complexity index is 654. The molecule has 1 aliphatic heterocycles. The molecule has 0 spiro atoms. The fraction of sp³-hybridized carbons (Fsp3) is 0.357. The van der Waals surface area contributed by atoms with Crippen LogP contribution in [0.1, 0.15) is 25.8 Å². The molecule has 1 aromatic heterocycles. The number of para-hydroxylation sites is 2. The summed E-state index contributed by atoms with van der Waals surface area (Å²) in [6.07, 6.45) is 0. The van der Waals surface area contributed by atoms with Crippen LogP contribution < -0.4 is 15.5 Å². The Balaban J connectivity index is 1.92. The van der Waals surface area contributed by atoms with Crippen LogP contribution in [0, 0.1) is 0 Å². The van der Waals surface area contributed by atoms with E-state index in [1.807, 2.05) is 38.1 Å². The molecule has 21 heavy (non-hydrogen) atoms. The van der Waals surface area contributed by atoms with Crippen molar-refractivity contribution in [2.75, 3.05) is 23.3 Å².